The summed E-state index contributed by atoms with van der Waals surface area (Å²) in [6.45, 7) is 3.49. The molecule has 1 atom stereocenters. The molecule has 1 aliphatic carbocycles. The van der Waals surface area contributed by atoms with Crippen LogP contribution < -0.4 is 9.47 Å². The van der Waals surface area contributed by atoms with Crippen LogP contribution in [0, 0.1) is 5.41 Å². The summed E-state index contributed by atoms with van der Waals surface area (Å²) >= 11 is 0. The second-order valence-corrected chi connectivity index (χ2v) is 8.07. The first kappa shape index (κ1) is 17.7. The lowest BCUT2D eigenvalue weighted by molar-refractivity contribution is -0.146. The number of amides is 1. The molecule has 2 saturated heterocycles. The predicted octanol–water partition coefficient (Wildman–Crippen LogP) is 3.07. The molecule has 1 unspecified atom stereocenters. The van der Waals surface area contributed by atoms with Crippen LogP contribution in [-0.4, -0.2) is 55.6 Å². The Hall–Kier alpha value is -1.75. The summed E-state index contributed by atoms with van der Waals surface area (Å²) in [6.07, 6.45) is 7.14. The Morgan fingerprint density at radius 3 is 2.65 bits per heavy atom. The van der Waals surface area contributed by atoms with Crippen molar-refractivity contribution in [1.82, 2.24) is 9.80 Å². The van der Waals surface area contributed by atoms with Gasteiger partial charge in [-0.15, -0.1) is 0 Å². The summed E-state index contributed by atoms with van der Waals surface area (Å²) < 4.78 is 11.0. The highest BCUT2D eigenvalue weighted by Gasteiger charge is 2.49. The van der Waals surface area contributed by atoms with Crippen molar-refractivity contribution < 1.29 is 14.3 Å². The average molecular weight is 358 g/mol. The minimum absolute atomic E-state index is 0.153. The lowest BCUT2D eigenvalue weighted by Gasteiger charge is -2.41. The van der Waals surface area contributed by atoms with Crippen LogP contribution in [0.1, 0.15) is 44.1 Å². The SMILES string of the molecule is COc1cccc(CN2CCCC3(CCN(C4CCC4)C3)C2=O)c1OC. The van der Waals surface area contributed by atoms with Gasteiger partial charge in [0, 0.05) is 31.2 Å². The van der Waals surface area contributed by atoms with Crippen LogP contribution in [0.3, 0.4) is 0 Å². The highest BCUT2D eigenvalue weighted by Crippen LogP contribution is 2.43. The molecule has 2 aliphatic heterocycles. The van der Waals surface area contributed by atoms with Crippen molar-refractivity contribution in [2.75, 3.05) is 33.9 Å². The standard InChI is InChI=1S/C21H30N2O3/c1-25-18-9-3-6-16(19(18)26-2)14-22-12-5-10-21(20(22)24)11-13-23(15-21)17-7-4-8-17/h3,6,9,17H,4-5,7-8,10-15H2,1-2H3. The summed E-state index contributed by atoms with van der Waals surface area (Å²) in [4.78, 5) is 18.0. The molecule has 0 N–H and O–H groups in total. The third kappa shape index (κ3) is 2.96. The van der Waals surface area contributed by atoms with Gasteiger partial charge in [-0.3, -0.25) is 9.69 Å². The molecule has 2 heterocycles. The van der Waals surface area contributed by atoms with E-state index >= 15 is 0 Å². The van der Waals surface area contributed by atoms with E-state index in [0.717, 1.165) is 62.0 Å². The molecule has 1 saturated carbocycles. The smallest absolute Gasteiger partial charge is 0.230 e. The summed E-state index contributed by atoms with van der Waals surface area (Å²) in [6, 6.07) is 6.63. The third-order valence-electron chi connectivity index (χ3n) is 6.64. The van der Waals surface area contributed by atoms with Crippen molar-refractivity contribution >= 4 is 5.91 Å². The van der Waals surface area contributed by atoms with E-state index in [1.54, 1.807) is 14.2 Å². The van der Waals surface area contributed by atoms with E-state index in [9.17, 15) is 4.79 Å². The Bertz CT molecular complexity index is 673. The Morgan fingerprint density at radius 1 is 1.12 bits per heavy atom. The van der Waals surface area contributed by atoms with Crippen LogP contribution >= 0.6 is 0 Å². The number of likely N-dealkylation sites (tertiary alicyclic amines) is 2. The molecule has 142 valence electrons. The lowest BCUT2D eigenvalue weighted by Crippen LogP contribution is -2.50. The van der Waals surface area contributed by atoms with Gasteiger partial charge in [-0.25, -0.2) is 0 Å². The molecular formula is C21H30N2O3. The van der Waals surface area contributed by atoms with Gasteiger partial charge in [0.15, 0.2) is 11.5 Å². The molecule has 1 amide bonds. The van der Waals surface area contributed by atoms with Crippen molar-refractivity contribution in [3.05, 3.63) is 23.8 Å². The van der Waals surface area contributed by atoms with E-state index in [1.807, 2.05) is 23.1 Å². The van der Waals surface area contributed by atoms with E-state index in [-0.39, 0.29) is 5.41 Å². The van der Waals surface area contributed by atoms with Crippen LogP contribution in [0.15, 0.2) is 18.2 Å². The number of hydrogen-bond acceptors (Lipinski definition) is 4. The molecule has 0 radical (unpaired) electrons. The van der Waals surface area contributed by atoms with Gasteiger partial charge in [0.1, 0.15) is 0 Å². The molecule has 3 fully saturated rings. The Labute approximate surface area is 156 Å². The maximum absolute atomic E-state index is 13.4. The number of methoxy groups -OCH3 is 2. The van der Waals surface area contributed by atoms with Gasteiger partial charge in [0.25, 0.3) is 0 Å². The summed E-state index contributed by atoms with van der Waals surface area (Å²) in [5, 5.41) is 0. The summed E-state index contributed by atoms with van der Waals surface area (Å²) in [5.41, 5.74) is 0.867. The second-order valence-electron chi connectivity index (χ2n) is 8.07. The fourth-order valence-electron chi connectivity index (χ4n) is 4.93. The van der Waals surface area contributed by atoms with E-state index in [1.165, 1.54) is 19.3 Å². The first-order chi connectivity index (χ1) is 12.7. The highest BCUT2D eigenvalue weighted by atomic mass is 16.5. The molecule has 1 aromatic rings. The number of benzene rings is 1. The number of hydrogen-bond donors (Lipinski definition) is 0. The molecule has 3 aliphatic rings. The molecule has 1 aromatic carbocycles. The maximum atomic E-state index is 13.4. The molecular weight excluding hydrogens is 328 g/mol. The second kappa shape index (κ2) is 7.10. The van der Waals surface area contributed by atoms with Gasteiger partial charge < -0.3 is 14.4 Å². The molecule has 5 heteroatoms. The number of nitrogens with zero attached hydrogens (tertiary/aromatic N) is 2. The number of rotatable bonds is 5. The molecule has 5 nitrogen and oxygen atoms in total. The van der Waals surface area contributed by atoms with Crippen molar-refractivity contribution in [2.45, 2.75) is 51.1 Å². The molecule has 1 spiro atoms. The van der Waals surface area contributed by atoms with Crippen LogP contribution in [0.4, 0.5) is 0 Å². The lowest BCUT2D eigenvalue weighted by atomic mass is 9.78. The van der Waals surface area contributed by atoms with Crippen LogP contribution in [-0.2, 0) is 11.3 Å². The first-order valence-electron chi connectivity index (χ1n) is 9.90. The fraction of sp³-hybridized carbons (Fsp3) is 0.667. The van der Waals surface area contributed by atoms with Crippen LogP contribution in [0.5, 0.6) is 11.5 Å². The quantitative estimate of drug-likeness (QED) is 0.811. The minimum atomic E-state index is -0.153. The van der Waals surface area contributed by atoms with E-state index < -0.39 is 0 Å². The number of para-hydroxylation sites is 1. The molecule has 4 rings (SSSR count). The van der Waals surface area contributed by atoms with E-state index in [4.69, 9.17) is 9.47 Å². The number of carbonyl (C=O) groups excluding carboxylic acids is 1. The van der Waals surface area contributed by atoms with Gasteiger partial charge in [-0.05, 0) is 44.7 Å². The van der Waals surface area contributed by atoms with Gasteiger partial charge in [0.2, 0.25) is 5.91 Å². The van der Waals surface area contributed by atoms with Crippen molar-refractivity contribution in [3.8, 4) is 11.5 Å². The number of ether oxygens (including phenoxy) is 2. The average Bonchev–Trinajstić information content (AvgIpc) is 3.01. The van der Waals surface area contributed by atoms with E-state index in [2.05, 4.69) is 4.90 Å². The zero-order chi connectivity index (χ0) is 18.1. The monoisotopic (exact) mass is 358 g/mol. The Kier molecular flexibility index (Phi) is 4.82. The van der Waals surface area contributed by atoms with Gasteiger partial charge in [-0.1, -0.05) is 18.6 Å². The topological polar surface area (TPSA) is 42.0 Å². The zero-order valence-electron chi connectivity index (χ0n) is 16.0. The normalized spacial score (nSPS) is 27.0. The molecule has 0 bridgehead atoms. The fourth-order valence-corrected chi connectivity index (χ4v) is 4.93. The van der Waals surface area contributed by atoms with E-state index in [0.29, 0.717) is 12.5 Å². The molecule has 0 aromatic heterocycles. The highest BCUT2D eigenvalue weighted by molar-refractivity contribution is 5.84. The zero-order valence-corrected chi connectivity index (χ0v) is 16.0. The molecule has 26 heavy (non-hydrogen) atoms. The van der Waals surface area contributed by atoms with Crippen LogP contribution in [0.25, 0.3) is 0 Å². The van der Waals surface area contributed by atoms with Gasteiger partial charge >= 0.3 is 0 Å². The Morgan fingerprint density at radius 2 is 1.96 bits per heavy atom. The van der Waals surface area contributed by atoms with Crippen molar-refractivity contribution in [3.63, 3.8) is 0 Å². The minimum Gasteiger partial charge on any atom is -0.493 e. The van der Waals surface area contributed by atoms with Crippen molar-refractivity contribution in [1.29, 1.82) is 0 Å². The largest absolute Gasteiger partial charge is 0.493 e. The number of carbonyl (C=O) groups is 1. The van der Waals surface area contributed by atoms with Crippen molar-refractivity contribution in [2.24, 2.45) is 5.41 Å². The summed E-state index contributed by atoms with van der Waals surface area (Å²) in [7, 11) is 3.31. The van der Waals surface area contributed by atoms with Gasteiger partial charge in [0.05, 0.1) is 19.6 Å². The predicted molar refractivity (Wildman–Crippen MR) is 100 cm³/mol. The third-order valence-corrected chi connectivity index (χ3v) is 6.64. The Balaban J connectivity index is 1.50. The maximum Gasteiger partial charge on any atom is 0.230 e. The summed E-state index contributed by atoms with van der Waals surface area (Å²) in [5.74, 6) is 1.81. The van der Waals surface area contributed by atoms with Gasteiger partial charge in [-0.2, -0.15) is 0 Å². The first-order valence-corrected chi connectivity index (χ1v) is 9.90. The number of piperidine rings is 1. The van der Waals surface area contributed by atoms with Crippen LogP contribution in [0.2, 0.25) is 0 Å².